The van der Waals surface area contributed by atoms with Crippen LogP contribution in [0.1, 0.15) is 38.6 Å². The van der Waals surface area contributed by atoms with E-state index >= 15 is 0 Å². The second kappa shape index (κ2) is 7.01. The number of anilines is 1. The molecule has 0 spiro atoms. The van der Waals surface area contributed by atoms with E-state index in [1.165, 1.54) is 37.7 Å². The van der Waals surface area contributed by atoms with Gasteiger partial charge in [0.25, 0.3) is 0 Å². The molecule has 2 aliphatic rings. The molecule has 1 saturated heterocycles. The molecule has 1 unspecified atom stereocenters. The van der Waals surface area contributed by atoms with Crippen molar-refractivity contribution in [2.75, 3.05) is 5.32 Å². The summed E-state index contributed by atoms with van der Waals surface area (Å²) < 4.78 is 12.6. The molecule has 0 aromatic heterocycles. The van der Waals surface area contributed by atoms with Crippen molar-refractivity contribution in [3.05, 3.63) is 78.4 Å². The molecule has 0 saturated carbocycles. The number of nitrogens with one attached hydrogen (secondary N) is 1. The highest BCUT2D eigenvalue weighted by Crippen LogP contribution is 2.50. The first-order valence-corrected chi connectivity index (χ1v) is 12.0. The molecule has 0 bridgehead atoms. The molecule has 1 fully saturated rings. The average molecular weight is 439 g/mol. The largest absolute Gasteiger partial charge is 0.494 e. The Morgan fingerprint density at radius 3 is 2.25 bits per heavy atom. The van der Waals surface area contributed by atoms with Crippen LogP contribution in [-0.4, -0.2) is 18.3 Å². The minimum absolute atomic E-state index is 0.232. The molecule has 5 heteroatoms. The Bertz CT molecular complexity index is 1340. The minimum Gasteiger partial charge on any atom is -0.399 e. The van der Waals surface area contributed by atoms with Gasteiger partial charge in [-0.25, -0.2) is 0 Å². The molecule has 0 aliphatic carbocycles. The van der Waals surface area contributed by atoms with Crippen LogP contribution in [0.3, 0.4) is 0 Å². The van der Waals surface area contributed by atoms with E-state index in [9.17, 15) is 0 Å². The number of thioether (sulfide) groups is 1. The maximum Gasteiger partial charge on any atom is 0.494 e. The molecule has 160 valence electrons. The Morgan fingerprint density at radius 2 is 1.50 bits per heavy atom. The summed E-state index contributed by atoms with van der Waals surface area (Å²) in [6.45, 7) is 8.38. The quantitative estimate of drug-likeness (QED) is 0.285. The summed E-state index contributed by atoms with van der Waals surface area (Å²) in [6, 6.07) is 26.1. The van der Waals surface area contributed by atoms with Crippen LogP contribution in [0.25, 0.3) is 21.5 Å². The molecular weight excluding hydrogens is 413 g/mol. The zero-order chi connectivity index (χ0) is 22.1. The molecule has 2 aliphatic heterocycles. The highest BCUT2D eigenvalue weighted by Gasteiger charge is 2.51. The van der Waals surface area contributed by atoms with Crippen LogP contribution in [0.5, 0.6) is 0 Å². The van der Waals surface area contributed by atoms with Gasteiger partial charge >= 0.3 is 7.12 Å². The van der Waals surface area contributed by atoms with E-state index in [0.29, 0.717) is 0 Å². The van der Waals surface area contributed by atoms with E-state index in [4.69, 9.17) is 9.31 Å². The molecule has 32 heavy (non-hydrogen) atoms. The number of hydrogen-bond acceptors (Lipinski definition) is 4. The lowest BCUT2D eigenvalue weighted by Gasteiger charge is -2.32. The standard InChI is InChI=1S/C27H26BNO2S/c1-26(2)27(3,4)31-28(30-26)20-13-14-21-19(16-20)11-10-17-12-15-22-24(23(17)21)29-25(32-22)18-8-6-5-7-9-18/h5-16,25,29H,1-4H3. The molecule has 0 amide bonds. The van der Waals surface area contributed by atoms with E-state index in [-0.39, 0.29) is 23.7 Å². The van der Waals surface area contributed by atoms with E-state index in [0.717, 1.165) is 5.46 Å². The lowest BCUT2D eigenvalue weighted by atomic mass is 9.78. The maximum atomic E-state index is 6.29. The van der Waals surface area contributed by atoms with Gasteiger partial charge in [-0.1, -0.05) is 78.5 Å². The molecular formula is C27H26BNO2S. The van der Waals surface area contributed by atoms with Gasteiger partial charge in [0, 0.05) is 10.3 Å². The van der Waals surface area contributed by atoms with Gasteiger partial charge in [-0.05, 0) is 60.9 Å². The van der Waals surface area contributed by atoms with Gasteiger partial charge in [0.05, 0.1) is 16.9 Å². The summed E-state index contributed by atoms with van der Waals surface area (Å²) in [7, 11) is -0.349. The van der Waals surface area contributed by atoms with Crippen LogP contribution in [0.4, 0.5) is 5.69 Å². The predicted molar refractivity (Wildman–Crippen MR) is 136 cm³/mol. The van der Waals surface area contributed by atoms with Crippen molar-refractivity contribution in [3.63, 3.8) is 0 Å². The van der Waals surface area contributed by atoms with Gasteiger partial charge in [-0.15, -0.1) is 0 Å². The molecule has 6 rings (SSSR count). The fraction of sp³-hybridized carbons (Fsp3) is 0.259. The third kappa shape index (κ3) is 3.06. The smallest absolute Gasteiger partial charge is 0.399 e. The molecule has 4 aromatic carbocycles. The summed E-state index contributed by atoms with van der Waals surface area (Å²) in [6.07, 6.45) is 0. The maximum absolute atomic E-state index is 6.29. The van der Waals surface area contributed by atoms with Crippen molar-refractivity contribution >= 4 is 51.6 Å². The number of rotatable bonds is 2. The molecule has 3 nitrogen and oxygen atoms in total. The van der Waals surface area contributed by atoms with Crippen LogP contribution >= 0.6 is 11.8 Å². The predicted octanol–water partition coefficient (Wildman–Crippen LogP) is 6.51. The second-order valence-electron chi connectivity index (χ2n) is 9.72. The highest BCUT2D eigenvalue weighted by atomic mass is 32.2. The first kappa shape index (κ1) is 20.2. The van der Waals surface area contributed by atoms with E-state index in [2.05, 4.69) is 106 Å². The monoisotopic (exact) mass is 439 g/mol. The molecule has 1 N–H and O–H groups in total. The molecule has 1 atom stereocenters. The Balaban J connectivity index is 1.43. The fourth-order valence-electron chi connectivity index (χ4n) is 4.59. The van der Waals surface area contributed by atoms with Crippen molar-refractivity contribution in [2.24, 2.45) is 0 Å². The third-order valence-electron chi connectivity index (χ3n) is 7.13. The van der Waals surface area contributed by atoms with Crippen LogP contribution in [-0.2, 0) is 9.31 Å². The van der Waals surface area contributed by atoms with Gasteiger partial charge in [0.1, 0.15) is 5.37 Å². The van der Waals surface area contributed by atoms with E-state index in [1.807, 2.05) is 11.8 Å². The van der Waals surface area contributed by atoms with Gasteiger partial charge in [-0.2, -0.15) is 0 Å². The second-order valence-corrected chi connectivity index (χ2v) is 10.9. The zero-order valence-electron chi connectivity index (χ0n) is 18.8. The first-order chi connectivity index (χ1) is 15.3. The van der Waals surface area contributed by atoms with Crippen LogP contribution in [0.2, 0.25) is 0 Å². The number of hydrogen-bond donors (Lipinski definition) is 1. The lowest BCUT2D eigenvalue weighted by Crippen LogP contribution is -2.41. The van der Waals surface area contributed by atoms with Crippen molar-refractivity contribution in [1.29, 1.82) is 0 Å². The SMILES string of the molecule is CC1(C)OB(c2ccc3c(ccc4ccc5c(c43)NC(c3ccccc3)S5)c2)OC1(C)C. The Labute approximate surface area is 193 Å². The van der Waals surface area contributed by atoms with Gasteiger partial charge in [0.15, 0.2) is 0 Å². The Hall–Kier alpha value is -2.47. The van der Waals surface area contributed by atoms with E-state index < -0.39 is 0 Å². The van der Waals surface area contributed by atoms with Gasteiger partial charge in [-0.3, -0.25) is 0 Å². The minimum atomic E-state index is -0.349. The van der Waals surface area contributed by atoms with Crippen molar-refractivity contribution in [2.45, 2.75) is 49.2 Å². The van der Waals surface area contributed by atoms with Crippen LogP contribution < -0.4 is 10.8 Å². The number of benzene rings is 4. The summed E-state index contributed by atoms with van der Waals surface area (Å²) in [4.78, 5) is 1.30. The fourth-order valence-corrected chi connectivity index (χ4v) is 5.74. The number of fused-ring (bicyclic) bond motifs is 5. The van der Waals surface area contributed by atoms with Crippen molar-refractivity contribution < 1.29 is 9.31 Å². The van der Waals surface area contributed by atoms with Crippen molar-refractivity contribution in [1.82, 2.24) is 0 Å². The Morgan fingerprint density at radius 1 is 0.812 bits per heavy atom. The topological polar surface area (TPSA) is 30.5 Å². The summed E-state index contributed by atoms with van der Waals surface area (Å²) in [5.74, 6) is 0. The third-order valence-corrected chi connectivity index (χ3v) is 8.35. The first-order valence-electron chi connectivity index (χ1n) is 11.2. The van der Waals surface area contributed by atoms with Crippen molar-refractivity contribution in [3.8, 4) is 0 Å². The summed E-state index contributed by atoms with van der Waals surface area (Å²) in [5.41, 5.74) is 2.91. The highest BCUT2D eigenvalue weighted by molar-refractivity contribution is 8.00. The van der Waals surface area contributed by atoms with Crippen LogP contribution in [0, 0.1) is 0 Å². The van der Waals surface area contributed by atoms with Gasteiger partial charge < -0.3 is 14.6 Å². The normalized spacial score (nSPS) is 21.1. The molecule has 0 radical (unpaired) electrons. The lowest BCUT2D eigenvalue weighted by molar-refractivity contribution is 0.00578. The van der Waals surface area contributed by atoms with Gasteiger partial charge in [0.2, 0.25) is 0 Å². The van der Waals surface area contributed by atoms with E-state index in [1.54, 1.807) is 0 Å². The average Bonchev–Trinajstić information content (AvgIpc) is 3.31. The summed E-state index contributed by atoms with van der Waals surface area (Å²) >= 11 is 1.88. The molecule has 4 aromatic rings. The Kier molecular flexibility index (Phi) is 4.42. The zero-order valence-corrected chi connectivity index (χ0v) is 19.6. The molecule has 2 heterocycles. The van der Waals surface area contributed by atoms with Crippen LogP contribution in [0.15, 0.2) is 77.7 Å². The summed E-state index contributed by atoms with van der Waals surface area (Å²) in [5, 5.41) is 9.01.